The molecule has 1 heterocycles. The Balaban J connectivity index is 2.02. The third-order valence-electron chi connectivity index (χ3n) is 2.90. The minimum absolute atomic E-state index is 0.227. The van der Waals surface area contributed by atoms with Crippen molar-refractivity contribution in [1.29, 1.82) is 0 Å². The number of benzene rings is 1. The highest BCUT2D eigenvalue weighted by Crippen LogP contribution is 2.22. The Bertz CT molecular complexity index is 507. The number of hydrogen-bond donors (Lipinski definition) is 2. The maximum atomic E-state index is 9.27. The predicted molar refractivity (Wildman–Crippen MR) is 74.9 cm³/mol. The van der Waals surface area contributed by atoms with E-state index in [2.05, 4.69) is 29.5 Å². The Labute approximate surface area is 112 Å². The second kappa shape index (κ2) is 5.50. The molecular weight excluding hydrogens is 244 g/mol. The Kier molecular flexibility index (Phi) is 3.99. The van der Waals surface area contributed by atoms with Crippen molar-refractivity contribution >= 4 is 11.3 Å². The van der Waals surface area contributed by atoms with Crippen LogP contribution in [0.1, 0.15) is 42.2 Å². The molecule has 18 heavy (non-hydrogen) atoms. The molecule has 4 heteroatoms. The molecule has 0 fully saturated rings. The summed E-state index contributed by atoms with van der Waals surface area (Å²) in [4.78, 5) is 4.49. The molecule has 0 aliphatic carbocycles. The molecule has 0 saturated heterocycles. The largest absolute Gasteiger partial charge is 0.508 e. The molecule has 1 aromatic heterocycles. The van der Waals surface area contributed by atoms with Crippen molar-refractivity contribution in [2.75, 3.05) is 0 Å². The lowest BCUT2D eigenvalue weighted by molar-refractivity contribution is 0.472. The monoisotopic (exact) mass is 262 g/mol. The highest BCUT2D eigenvalue weighted by atomic mass is 32.1. The van der Waals surface area contributed by atoms with E-state index in [1.807, 2.05) is 19.1 Å². The van der Waals surface area contributed by atoms with Gasteiger partial charge >= 0.3 is 0 Å². The van der Waals surface area contributed by atoms with E-state index in [4.69, 9.17) is 0 Å². The SMILES string of the molecule is Cc1csc(C(C)NC(C)c2ccc(O)cc2)n1. The third kappa shape index (κ3) is 3.09. The van der Waals surface area contributed by atoms with E-state index in [0.717, 1.165) is 16.3 Å². The number of phenolic OH excluding ortho intramolecular Hbond substituents is 1. The van der Waals surface area contributed by atoms with Gasteiger partial charge in [-0.25, -0.2) is 4.98 Å². The maximum absolute atomic E-state index is 9.27. The molecular formula is C14H18N2OS. The molecule has 1 aromatic carbocycles. The van der Waals surface area contributed by atoms with Crippen LogP contribution in [0.25, 0.3) is 0 Å². The summed E-state index contributed by atoms with van der Waals surface area (Å²) in [6, 6.07) is 7.76. The molecule has 2 atom stereocenters. The topological polar surface area (TPSA) is 45.1 Å². The van der Waals surface area contributed by atoms with Gasteiger partial charge in [0.15, 0.2) is 0 Å². The highest BCUT2D eigenvalue weighted by Gasteiger charge is 2.13. The van der Waals surface area contributed by atoms with Crippen LogP contribution in [0.4, 0.5) is 0 Å². The molecule has 2 rings (SSSR count). The zero-order valence-electron chi connectivity index (χ0n) is 10.8. The van der Waals surface area contributed by atoms with Crippen molar-refractivity contribution in [2.45, 2.75) is 32.9 Å². The van der Waals surface area contributed by atoms with E-state index in [9.17, 15) is 5.11 Å². The van der Waals surface area contributed by atoms with E-state index in [1.165, 1.54) is 0 Å². The Hall–Kier alpha value is -1.39. The second-order valence-electron chi connectivity index (χ2n) is 4.53. The van der Waals surface area contributed by atoms with Crippen molar-refractivity contribution in [3.05, 3.63) is 45.9 Å². The number of aromatic hydroxyl groups is 1. The zero-order chi connectivity index (χ0) is 13.1. The van der Waals surface area contributed by atoms with E-state index in [1.54, 1.807) is 23.5 Å². The lowest BCUT2D eigenvalue weighted by Crippen LogP contribution is -2.22. The lowest BCUT2D eigenvalue weighted by Gasteiger charge is -2.18. The van der Waals surface area contributed by atoms with E-state index < -0.39 is 0 Å². The predicted octanol–water partition coefficient (Wildman–Crippen LogP) is 3.57. The summed E-state index contributed by atoms with van der Waals surface area (Å²) in [5.74, 6) is 0.301. The molecule has 3 nitrogen and oxygen atoms in total. The van der Waals surface area contributed by atoms with Gasteiger partial charge in [0.2, 0.25) is 0 Å². The van der Waals surface area contributed by atoms with Crippen LogP contribution in [0.5, 0.6) is 5.75 Å². The highest BCUT2D eigenvalue weighted by molar-refractivity contribution is 7.09. The van der Waals surface area contributed by atoms with Gasteiger partial charge in [0, 0.05) is 17.1 Å². The van der Waals surface area contributed by atoms with Crippen LogP contribution in [0.3, 0.4) is 0 Å². The standard InChI is InChI=1S/C14H18N2OS/c1-9-8-18-14(15-9)11(3)16-10(2)12-4-6-13(17)7-5-12/h4-8,10-11,16-17H,1-3H3. The fourth-order valence-corrected chi connectivity index (χ4v) is 2.69. The summed E-state index contributed by atoms with van der Waals surface area (Å²) >= 11 is 1.68. The van der Waals surface area contributed by atoms with Crippen LogP contribution < -0.4 is 5.32 Å². The fourth-order valence-electron chi connectivity index (χ4n) is 1.88. The van der Waals surface area contributed by atoms with Crippen molar-refractivity contribution in [3.8, 4) is 5.75 Å². The van der Waals surface area contributed by atoms with Crippen LogP contribution in [0.15, 0.2) is 29.6 Å². The van der Waals surface area contributed by atoms with Gasteiger partial charge in [0.05, 0.1) is 6.04 Å². The Morgan fingerprint density at radius 1 is 1.17 bits per heavy atom. The molecule has 2 N–H and O–H groups in total. The summed E-state index contributed by atoms with van der Waals surface area (Å²) in [6.07, 6.45) is 0. The number of nitrogens with zero attached hydrogens (tertiary/aromatic N) is 1. The van der Waals surface area contributed by atoms with Gasteiger partial charge in [-0.3, -0.25) is 0 Å². The molecule has 0 radical (unpaired) electrons. The molecule has 96 valence electrons. The summed E-state index contributed by atoms with van der Waals surface area (Å²) in [7, 11) is 0. The fraction of sp³-hybridized carbons (Fsp3) is 0.357. The van der Waals surface area contributed by atoms with Gasteiger partial charge in [0.1, 0.15) is 10.8 Å². The number of aryl methyl sites for hydroxylation is 1. The van der Waals surface area contributed by atoms with Gasteiger partial charge in [0.25, 0.3) is 0 Å². The molecule has 0 aliphatic heterocycles. The lowest BCUT2D eigenvalue weighted by atomic mass is 10.1. The Morgan fingerprint density at radius 2 is 1.83 bits per heavy atom. The average Bonchev–Trinajstić information content (AvgIpc) is 2.76. The van der Waals surface area contributed by atoms with Crippen molar-refractivity contribution in [2.24, 2.45) is 0 Å². The number of nitrogens with one attached hydrogen (secondary N) is 1. The first-order valence-electron chi connectivity index (χ1n) is 6.03. The van der Waals surface area contributed by atoms with E-state index in [-0.39, 0.29) is 12.1 Å². The second-order valence-corrected chi connectivity index (χ2v) is 5.42. The number of phenols is 1. The van der Waals surface area contributed by atoms with E-state index in [0.29, 0.717) is 5.75 Å². The number of thiazole rings is 1. The molecule has 2 aromatic rings. The van der Waals surface area contributed by atoms with E-state index >= 15 is 0 Å². The maximum Gasteiger partial charge on any atom is 0.115 e. The van der Waals surface area contributed by atoms with Crippen LogP contribution in [-0.4, -0.2) is 10.1 Å². The Morgan fingerprint density at radius 3 is 2.39 bits per heavy atom. The van der Waals surface area contributed by atoms with Gasteiger partial charge in [-0.05, 0) is 38.5 Å². The molecule has 0 spiro atoms. The zero-order valence-corrected chi connectivity index (χ0v) is 11.7. The minimum Gasteiger partial charge on any atom is -0.508 e. The first-order valence-corrected chi connectivity index (χ1v) is 6.91. The molecule has 0 aliphatic rings. The normalized spacial score (nSPS) is 14.4. The van der Waals surface area contributed by atoms with Crippen molar-refractivity contribution in [3.63, 3.8) is 0 Å². The van der Waals surface area contributed by atoms with Gasteiger partial charge in [-0.1, -0.05) is 12.1 Å². The molecule has 2 unspecified atom stereocenters. The van der Waals surface area contributed by atoms with Gasteiger partial charge in [-0.15, -0.1) is 11.3 Å². The summed E-state index contributed by atoms with van der Waals surface area (Å²) in [6.45, 7) is 6.24. The first-order chi connectivity index (χ1) is 8.56. The quantitative estimate of drug-likeness (QED) is 0.885. The van der Waals surface area contributed by atoms with Crippen LogP contribution in [0.2, 0.25) is 0 Å². The molecule has 0 saturated carbocycles. The number of aromatic nitrogens is 1. The minimum atomic E-state index is 0.227. The smallest absolute Gasteiger partial charge is 0.115 e. The molecule has 0 amide bonds. The molecule has 0 bridgehead atoms. The average molecular weight is 262 g/mol. The first kappa shape index (κ1) is 13.1. The van der Waals surface area contributed by atoms with Crippen molar-refractivity contribution < 1.29 is 5.11 Å². The van der Waals surface area contributed by atoms with Gasteiger partial charge < -0.3 is 10.4 Å². The summed E-state index contributed by atoms with van der Waals surface area (Å²) in [5, 5.41) is 16.0. The third-order valence-corrected chi connectivity index (χ3v) is 4.05. The van der Waals surface area contributed by atoms with Crippen LogP contribution in [-0.2, 0) is 0 Å². The number of hydrogen-bond acceptors (Lipinski definition) is 4. The van der Waals surface area contributed by atoms with Crippen molar-refractivity contribution in [1.82, 2.24) is 10.3 Å². The number of rotatable bonds is 4. The summed E-state index contributed by atoms with van der Waals surface area (Å²) < 4.78 is 0. The summed E-state index contributed by atoms with van der Waals surface area (Å²) in [5.41, 5.74) is 2.23. The van der Waals surface area contributed by atoms with Crippen LogP contribution >= 0.6 is 11.3 Å². The van der Waals surface area contributed by atoms with Crippen LogP contribution in [0, 0.1) is 6.92 Å². The van der Waals surface area contributed by atoms with Gasteiger partial charge in [-0.2, -0.15) is 0 Å².